The van der Waals surface area contributed by atoms with Gasteiger partial charge in [0.1, 0.15) is 11.6 Å². The van der Waals surface area contributed by atoms with Gasteiger partial charge in [0.15, 0.2) is 6.61 Å². The lowest BCUT2D eigenvalue weighted by atomic mass is 9.85. The van der Waals surface area contributed by atoms with Crippen LogP contribution in [-0.2, 0) is 23.9 Å². The van der Waals surface area contributed by atoms with Crippen LogP contribution in [0.5, 0.6) is 0 Å². The summed E-state index contributed by atoms with van der Waals surface area (Å²) in [7, 11) is 0. The zero-order chi connectivity index (χ0) is 19.6. The number of hydrogen-bond acceptors (Lipinski definition) is 6. The van der Waals surface area contributed by atoms with Crippen molar-refractivity contribution in [2.24, 2.45) is 11.8 Å². The molecule has 144 valence electrons. The minimum Gasteiger partial charge on any atom is -0.454 e. The highest BCUT2D eigenvalue weighted by molar-refractivity contribution is 6.08. The maximum absolute atomic E-state index is 12.5. The Morgan fingerprint density at radius 2 is 1.81 bits per heavy atom. The summed E-state index contributed by atoms with van der Waals surface area (Å²) in [4.78, 5) is 50.3. The van der Waals surface area contributed by atoms with E-state index >= 15 is 0 Å². The molecule has 2 fully saturated rings. The average molecular weight is 373 g/mol. The summed E-state index contributed by atoms with van der Waals surface area (Å²) < 4.78 is 5.01. The van der Waals surface area contributed by atoms with E-state index in [4.69, 9.17) is 4.74 Å². The van der Waals surface area contributed by atoms with Gasteiger partial charge >= 0.3 is 5.97 Å². The van der Waals surface area contributed by atoms with E-state index in [2.05, 4.69) is 11.4 Å². The minimum absolute atomic E-state index is 0.363. The first-order valence-electron chi connectivity index (χ1n) is 9.29. The molecule has 1 saturated carbocycles. The van der Waals surface area contributed by atoms with Crippen molar-refractivity contribution in [2.45, 2.75) is 57.0 Å². The van der Waals surface area contributed by atoms with Crippen LogP contribution in [0.25, 0.3) is 0 Å². The van der Waals surface area contributed by atoms with Crippen molar-refractivity contribution < 1.29 is 23.9 Å². The normalized spacial score (nSPS) is 27.0. The molecule has 3 amide bonds. The summed E-state index contributed by atoms with van der Waals surface area (Å²) in [6.45, 7) is 0.881. The molecule has 0 aromatic carbocycles. The fraction of sp³-hybridized carbons (Fsp3) is 0.632. The first kappa shape index (κ1) is 19.1. The van der Waals surface area contributed by atoms with Gasteiger partial charge in [-0.3, -0.25) is 19.3 Å². The van der Waals surface area contributed by atoms with E-state index in [1.165, 1.54) is 6.92 Å². The SMILES string of the molecule is C[C@@H](C(=O)OCC(=O)NC1(C#N)CCCC1)N1C(=O)[C@H]2CC=CC[C@H]2C1=O. The molecule has 3 rings (SSSR count). The van der Waals surface area contributed by atoms with E-state index in [1.54, 1.807) is 0 Å². The lowest BCUT2D eigenvalue weighted by Gasteiger charge is -2.23. The van der Waals surface area contributed by atoms with Crippen LogP contribution in [0.4, 0.5) is 0 Å². The highest BCUT2D eigenvalue weighted by Crippen LogP contribution is 2.36. The zero-order valence-corrected chi connectivity index (χ0v) is 15.3. The second-order valence-corrected chi connectivity index (χ2v) is 7.44. The predicted molar refractivity (Wildman–Crippen MR) is 92.6 cm³/mol. The van der Waals surface area contributed by atoms with Gasteiger partial charge in [0.2, 0.25) is 11.8 Å². The van der Waals surface area contributed by atoms with Crippen LogP contribution in [0.3, 0.4) is 0 Å². The fourth-order valence-electron chi connectivity index (χ4n) is 4.12. The zero-order valence-electron chi connectivity index (χ0n) is 15.3. The lowest BCUT2D eigenvalue weighted by Crippen LogP contribution is -2.48. The smallest absolute Gasteiger partial charge is 0.329 e. The number of nitrogens with one attached hydrogen (secondary N) is 1. The molecule has 1 saturated heterocycles. The first-order valence-corrected chi connectivity index (χ1v) is 9.29. The molecule has 2 aliphatic carbocycles. The Labute approximate surface area is 157 Å². The van der Waals surface area contributed by atoms with Gasteiger partial charge in [0.05, 0.1) is 17.9 Å². The molecule has 8 nitrogen and oxygen atoms in total. The van der Waals surface area contributed by atoms with Crippen LogP contribution in [-0.4, -0.2) is 46.8 Å². The Kier molecular flexibility index (Phi) is 5.31. The molecule has 0 aromatic heterocycles. The number of likely N-dealkylation sites (tertiary alicyclic amines) is 1. The highest BCUT2D eigenvalue weighted by atomic mass is 16.5. The standard InChI is InChI=1S/C19H23N3O5/c1-12(22-16(24)13-6-2-3-7-14(13)17(22)25)18(26)27-10-15(23)21-19(11-20)8-4-5-9-19/h2-3,12-14H,4-10H2,1H3,(H,21,23)/t12-,13-,14+/m0/s1. The Morgan fingerprint density at radius 3 is 2.33 bits per heavy atom. The molecule has 3 aliphatic rings. The van der Waals surface area contributed by atoms with Crippen LogP contribution >= 0.6 is 0 Å². The number of carbonyl (C=O) groups excluding carboxylic acids is 4. The number of amides is 3. The molecule has 3 atom stereocenters. The lowest BCUT2D eigenvalue weighted by molar-refractivity contribution is -0.159. The molecule has 27 heavy (non-hydrogen) atoms. The van der Waals surface area contributed by atoms with E-state index in [0.29, 0.717) is 25.7 Å². The highest BCUT2D eigenvalue weighted by Gasteiger charge is 2.50. The third kappa shape index (κ3) is 3.59. The summed E-state index contributed by atoms with van der Waals surface area (Å²) in [5.41, 5.74) is -0.890. The number of nitrogens with zero attached hydrogens (tertiary/aromatic N) is 2. The molecule has 0 spiro atoms. The summed E-state index contributed by atoms with van der Waals surface area (Å²) in [6.07, 6.45) is 7.61. The molecule has 0 radical (unpaired) electrons. The number of allylic oxidation sites excluding steroid dienone is 2. The minimum atomic E-state index is -1.08. The monoisotopic (exact) mass is 373 g/mol. The summed E-state index contributed by atoms with van der Waals surface area (Å²) in [5, 5.41) is 11.9. The summed E-state index contributed by atoms with van der Waals surface area (Å²) in [6, 6.07) is 1.04. The molecule has 0 bridgehead atoms. The number of fused-ring (bicyclic) bond motifs is 1. The molecule has 8 heteroatoms. The molecule has 1 N–H and O–H groups in total. The quantitative estimate of drug-likeness (QED) is 0.433. The number of esters is 1. The van der Waals surface area contributed by atoms with E-state index < -0.39 is 41.9 Å². The van der Waals surface area contributed by atoms with Crippen molar-refractivity contribution in [3.05, 3.63) is 12.2 Å². The Balaban J connectivity index is 1.55. The molecular formula is C19H23N3O5. The van der Waals surface area contributed by atoms with E-state index in [0.717, 1.165) is 17.7 Å². The van der Waals surface area contributed by atoms with Gasteiger partial charge in [-0.2, -0.15) is 5.26 Å². The average Bonchev–Trinajstić information content (AvgIpc) is 3.23. The van der Waals surface area contributed by atoms with Gasteiger partial charge in [-0.1, -0.05) is 12.2 Å². The third-order valence-electron chi connectivity index (χ3n) is 5.67. The molecule has 0 unspecified atom stereocenters. The van der Waals surface area contributed by atoms with Crippen molar-refractivity contribution in [2.75, 3.05) is 6.61 Å². The van der Waals surface area contributed by atoms with E-state index in [-0.39, 0.29) is 11.8 Å². The second-order valence-electron chi connectivity index (χ2n) is 7.44. The number of rotatable bonds is 5. The van der Waals surface area contributed by atoms with Gasteiger partial charge < -0.3 is 10.1 Å². The predicted octanol–water partition coefficient (Wildman–Crippen LogP) is 0.822. The van der Waals surface area contributed by atoms with Crippen molar-refractivity contribution in [1.29, 1.82) is 5.26 Å². The Hall–Kier alpha value is -2.69. The Morgan fingerprint density at radius 1 is 1.26 bits per heavy atom. The summed E-state index contributed by atoms with van der Waals surface area (Å²) in [5.74, 6) is -2.93. The number of carbonyl (C=O) groups is 4. The van der Waals surface area contributed by atoms with Gasteiger partial charge in [-0.05, 0) is 45.4 Å². The van der Waals surface area contributed by atoms with Gasteiger partial charge in [-0.15, -0.1) is 0 Å². The van der Waals surface area contributed by atoms with E-state index in [1.807, 2.05) is 12.2 Å². The Bertz CT molecular complexity index is 706. The first-order chi connectivity index (χ1) is 12.9. The number of nitriles is 1. The van der Waals surface area contributed by atoms with Crippen LogP contribution in [0.15, 0.2) is 12.2 Å². The van der Waals surface area contributed by atoms with Crippen molar-refractivity contribution >= 4 is 23.7 Å². The fourth-order valence-corrected chi connectivity index (χ4v) is 4.12. The maximum atomic E-state index is 12.5. The van der Waals surface area contributed by atoms with Crippen molar-refractivity contribution in [3.63, 3.8) is 0 Å². The van der Waals surface area contributed by atoms with E-state index in [9.17, 15) is 24.4 Å². The molecule has 1 aliphatic heterocycles. The van der Waals surface area contributed by atoms with Crippen LogP contribution in [0.2, 0.25) is 0 Å². The number of ether oxygens (including phenoxy) is 1. The molecule has 0 aromatic rings. The number of hydrogen-bond donors (Lipinski definition) is 1. The van der Waals surface area contributed by atoms with Crippen molar-refractivity contribution in [3.8, 4) is 6.07 Å². The topological polar surface area (TPSA) is 117 Å². The van der Waals surface area contributed by atoms with Gasteiger partial charge in [0.25, 0.3) is 5.91 Å². The number of imide groups is 1. The van der Waals surface area contributed by atoms with Crippen molar-refractivity contribution in [1.82, 2.24) is 10.2 Å². The maximum Gasteiger partial charge on any atom is 0.329 e. The van der Waals surface area contributed by atoms with Gasteiger partial charge in [-0.25, -0.2) is 4.79 Å². The van der Waals surface area contributed by atoms with Crippen LogP contribution in [0.1, 0.15) is 45.4 Å². The summed E-state index contributed by atoms with van der Waals surface area (Å²) >= 11 is 0. The molecule has 1 heterocycles. The third-order valence-corrected chi connectivity index (χ3v) is 5.67. The largest absolute Gasteiger partial charge is 0.454 e. The van der Waals surface area contributed by atoms with Gasteiger partial charge in [0, 0.05) is 0 Å². The second kappa shape index (κ2) is 7.51. The van der Waals surface area contributed by atoms with Crippen LogP contribution in [0, 0.1) is 23.2 Å². The van der Waals surface area contributed by atoms with Crippen LogP contribution < -0.4 is 5.32 Å². The molecular weight excluding hydrogens is 350 g/mol.